The van der Waals surface area contributed by atoms with E-state index >= 15 is 0 Å². The van der Waals surface area contributed by atoms with Crippen LogP contribution in [0, 0.1) is 0 Å². The second-order valence-corrected chi connectivity index (χ2v) is 6.41. The van der Waals surface area contributed by atoms with Crippen molar-refractivity contribution in [3.63, 3.8) is 0 Å². The Morgan fingerprint density at radius 3 is 2.48 bits per heavy atom. The number of hydrogen-bond donors (Lipinski definition) is 0. The summed E-state index contributed by atoms with van der Waals surface area (Å²) in [5.41, 5.74) is 2.55. The number of esters is 1. The largest absolute Gasteiger partial charge is 0.465 e. The molecule has 1 aromatic heterocycles. The summed E-state index contributed by atoms with van der Waals surface area (Å²) in [6.07, 6.45) is 7.01. The number of benzene rings is 1. The molecule has 0 saturated carbocycles. The van der Waals surface area contributed by atoms with Crippen molar-refractivity contribution in [2.75, 3.05) is 33.3 Å². The summed E-state index contributed by atoms with van der Waals surface area (Å²) in [6, 6.07) is 11.0. The second-order valence-electron chi connectivity index (χ2n) is 6.41. The highest BCUT2D eigenvalue weighted by Gasteiger charge is 2.19. The minimum atomic E-state index is -0.370. The summed E-state index contributed by atoms with van der Waals surface area (Å²) in [5, 5.41) is 0. The summed E-state index contributed by atoms with van der Waals surface area (Å²) in [6.45, 7) is 3.98. The third kappa shape index (κ3) is 5.24. The first-order valence-electron chi connectivity index (χ1n) is 8.92. The van der Waals surface area contributed by atoms with Crippen LogP contribution in [-0.2, 0) is 16.1 Å². The molecule has 0 radical (unpaired) electrons. The van der Waals surface area contributed by atoms with Gasteiger partial charge in [-0.3, -0.25) is 14.7 Å². The van der Waals surface area contributed by atoms with E-state index in [1.54, 1.807) is 42.6 Å². The van der Waals surface area contributed by atoms with Gasteiger partial charge in [-0.1, -0.05) is 18.2 Å². The predicted octanol–water partition coefficient (Wildman–Crippen LogP) is 2.23. The fraction of sp³-hybridized carbons (Fsp3) is 0.286. The Morgan fingerprint density at radius 2 is 1.85 bits per heavy atom. The highest BCUT2D eigenvalue weighted by Crippen LogP contribution is 2.10. The van der Waals surface area contributed by atoms with Gasteiger partial charge in [0.2, 0.25) is 5.91 Å². The zero-order chi connectivity index (χ0) is 19.1. The van der Waals surface area contributed by atoms with Gasteiger partial charge in [0.1, 0.15) is 0 Å². The molecule has 1 aromatic carbocycles. The van der Waals surface area contributed by atoms with Gasteiger partial charge in [-0.2, -0.15) is 0 Å². The monoisotopic (exact) mass is 365 g/mol. The number of nitrogens with zero attached hydrogens (tertiary/aromatic N) is 3. The molecular weight excluding hydrogens is 342 g/mol. The van der Waals surface area contributed by atoms with Gasteiger partial charge in [0, 0.05) is 51.2 Å². The van der Waals surface area contributed by atoms with Crippen LogP contribution in [0.15, 0.2) is 54.9 Å². The fourth-order valence-corrected chi connectivity index (χ4v) is 3.00. The molecule has 1 fully saturated rings. The highest BCUT2D eigenvalue weighted by molar-refractivity contribution is 5.92. The van der Waals surface area contributed by atoms with Gasteiger partial charge >= 0.3 is 5.97 Å². The molecule has 0 N–H and O–H groups in total. The first kappa shape index (κ1) is 18.8. The van der Waals surface area contributed by atoms with Gasteiger partial charge in [-0.05, 0) is 35.4 Å². The number of ether oxygens (including phenoxy) is 1. The molecule has 0 spiro atoms. The Kier molecular flexibility index (Phi) is 6.33. The molecule has 1 aliphatic heterocycles. The number of rotatable bonds is 5. The molecule has 2 aromatic rings. The molecule has 0 aliphatic carbocycles. The van der Waals surface area contributed by atoms with E-state index in [4.69, 9.17) is 0 Å². The minimum absolute atomic E-state index is 0.00747. The molecule has 1 amide bonds. The zero-order valence-corrected chi connectivity index (χ0v) is 15.4. The first-order valence-corrected chi connectivity index (χ1v) is 8.92. The third-order valence-electron chi connectivity index (χ3n) is 4.56. The Morgan fingerprint density at radius 1 is 1.11 bits per heavy atom. The maximum absolute atomic E-state index is 12.4. The van der Waals surface area contributed by atoms with Gasteiger partial charge < -0.3 is 9.64 Å². The SMILES string of the molecule is COC(=O)c1ccc(/C=C/C(=O)N2CCN(Cc3cccnc3)CC2)cc1. The lowest BCUT2D eigenvalue weighted by Gasteiger charge is -2.34. The molecule has 0 unspecified atom stereocenters. The van der Waals surface area contributed by atoms with Crippen LogP contribution in [0.4, 0.5) is 0 Å². The average molecular weight is 365 g/mol. The average Bonchev–Trinajstić information content (AvgIpc) is 2.73. The standard InChI is InChI=1S/C21H23N3O3/c1-27-21(26)19-7-4-17(5-8-19)6-9-20(25)24-13-11-23(12-14-24)16-18-3-2-10-22-15-18/h2-10,15H,11-14,16H2,1H3/b9-6+. The molecule has 2 heterocycles. The molecule has 6 heteroatoms. The van der Waals surface area contributed by atoms with Crippen molar-refractivity contribution in [3.8, 4) is 0 Å². The van der Waals surface area contributed by atoms with E-state index in [1.807, 2.05) is 17.2 Å². The molecule has 3 rings (SSSR count). The Hall–Kier alpha value is -2.99. The zero-order valence-electron chi connectivity index (χ0n) is 15.4. The molecule has 1 aliphatic rings. The summed E-state index contributed by atoms with van der Waals surface area (Å²) in [5.74, 6) is -0.362. The van der Waals surface area contributed by atoms with Crippen LogP contribution < -0.4 is 0 Å². The number of amides is 1. The quantitative estimate of drug-likeness (QED) is 0.601. The topological polar surface area (TPSA) is 62.7 Å². The van der Waals surface area contributed by atoms with E-state index in [9.17, 15) is 9.59 Å². The minimum Gasteiger partial charge on any atom is -0.465 e. The smallest absolute Gasteiger partial charge is 0.337 e. The lowest BCUT2D eigenvalue weighted by atomic mass is 10.1. The van der Waals surface area contributed by atoms with Crippen LogP contribution in [0.2, 0.25) is 0 Å². The molecule has 27 heavy (non-hydrogen) atoms. The number of pyridine rings is 1. The molecule has 0 bridgehead atoms. The lowest BCUT2D eigenvalue weighted by Crippen LogP contribution is -2.47. The molecule has 6 nitrogen and oxygen atoms in total. The van der Waals surface area contributed by atoms with E-state index < -0.39 is 0 Å². The van der Waals surface area contributed by atoms with E-state index in [1.165, 1.54) is 12.7 Å². The van der Waals surface area contributed by atoms with E-state index in [-0.39, 0.29) is 11.9 Å². The van der Waals surface area contributed by atoms with Gasteiger partial charge in [-0.15, -0.1) is 0 Å². The normalized spacial score (nSPS) is 15.1. The van der Waals surface area contributed by atoms with E-state index in [0.717, 1.165) is 25.2 Å². The van der Waals surface area contributed by atoms with Crippen LogP contribution in [0.5, 0.6) is 0 Å². The number of piperazine rings is 1. The van der Waals surface area contributed by atoms with Crippen molar-refractivity contribution in [1.82, 2.24) is 14.8 Å². The van der Waals surface area contributed by atoms with Gasteiger partial charge in [0.25, 0.3) is 0 Å². The summed E-state index contributed by atoms with van der Waals surface area (Å²) >= 11 is 0. The maximum Gasteiger partial charge on any atom is 0.337 e. The van der Waals surface area contributed by atoms with E-state index in [0.29, 0.717) is 18.7 Å². The van der Waals surface area contributed by atoms with Crippen molar-refractivity contribution in [1.29, 1.82) is 0 Å². The Bertz CT molecular complexity index is 795. The van der Waals surface area contributed by atoms with Crippen LogP contribution >= 0.6 is 0 Å². The number of carbonyl (C=O) groups is 2. The van der Waals surface area contributed by atoms with Crippen LogP contribution in [0.1, 0.15) is 21.5 Å². The molecule has 140 valence electrons. The van der Waals surface area contributed by atoms with Crippen molar-refractivity contribution in [3.05, 3.63) is 71.6 Å². The van der Waals surface area contributed by atoms with Gasteiger partial charge in [0.15, 0.2) is 0 Å². The number of carbonyl (C=O) groups excluding carboxylic acids is 2. The number of aromatic nitrogens is 1. The first-order chi connectivity index (χ1) is 13.2. The predicted molar refractivity (Wildman–Crippen MR) is 103 cm³/mol. The maximum atomic E-state index is 12.4. The molecule has 1 saturated heterocycles. The molecular formula is C21H23N3O3. The van der Waals surface area contributed by atoms with Crippen molar-refractivity contribution < 1.29 is 14.3 Å². The van der Waals surface area contributed by atoms with Crippen LogP contribution in [-0.4, -0.2) is 59.9 Å². The molecule has 0 atom stereocenters. The summed E-state index contributed by atoms with van der Waals surface area (Å²) in [7, 11) is 1.35. The second kappa shape index (κ2) is 9.09. The van der Waals surface area contributed by atoms with Gasteiger partial charge in [0.05, 0.1) is 12.7 Å². The van der Waals surface area contributed by atoms with Crippen molar-refractivity contribution in [2.24, 2.45) is 0 Å². The van der Waals surface area contributed by atoms with Crippen LogP contribution in [0.25, 0.3) is 6.08 Å². The highest BCUT2D eigenvalue weighted by atomic mass is 16.5. The summed E-state index contributed by atoms with van der Waals surface area (Å²) < 4.78 is 4.67. The Labute approximate surface area is 159 Å². The van der Waals surface area contributed by atoms with Crippen molar-refractivity contribution in [2.45, 2.75) is 6.54 Å². The summed E-state index contributed by atoms with van der Waals surface area (Å²) in [4.78, 5) is 32.2. The van der Waals surface area contributed by atoms with Gasteiger partial charge in [-0.25, -0.2) is 4.79 Å². The van der Waals surface area contributed by atoms with E-state index in [2.05, 4.69) is 20.7 Å². The van der Waals surface area contributed by atoms with Crippen LogP contribution in [0.3, 0.4) is 0 Å². The van der Waals surface area contributed by atoms with Crippen molar-refractivity contribution >= 4 is 18.0 Å². The fourth-order valence-electron chi connectivity index (χ4n) is 3.00. The Balaban J connectivity index is 1.49. The third-order valence-corrected chi connectivity index (χ3v) is 4.56. The lowest BCUT2D eigenvalue weighted by molar-refractivity contribution is -0.127. The number of methoxy groups -OCH3 is 1. The number of hydrogen-bond acceptors (Lipinski definition) is 5.